The Morgan fingerprint density at radius 2 is 1.30 bits per heavy atom. The molecule has 0 spiro atoms. The van der Waals surface area contributed by atoms with E-state index >= 15 is 0 Å². The largest absolute Gasteiger partial charge is 0.478 e. The van der Waals surface area contributed by atoms with Crippen molar-refractivity contribution in [3.8, 4) is 11.1 Å². The topological polar surface area (TPSA) is 196 Å². The van der Waals surface area contributed by atoms with Crippen molar-refractivity contribution in [2.24, 2.45) is 0 Å². The third-order valence-electron chi connectivity index (χ3n) is 6.69. The second kappa shape index (κ2) is 10.9. The molecular weight excluding hydrogens is 599 g/mol. The number of aliphatic carboxylic acids is 1. The molecule has 0 atom stereocenters. The average Bonchev–Trinajstić information content (AvgIpc) is 3.71. The van der Waals surface area contributed by atoms with Gasteiger partial charge in [0.05, 0.1) is 44.9 Å². The van der Waals surface area contributed by atoms with E-state index in [1.807, 2.05) is 0 Å². The number of fused-ring (bicyclic) bond motifs is 8. The van der Waals surface area contributed by atoms with Gasteiger partial charge in [0.25, 0.3) is 0 Å². The maximum Gasteiger partial charge on any atom is 0.416 e. The molecule has 0 saturated heterocycles. The van der Waals surface area contributed by atoms with Gasteiger partial charge in [-0.25, -0.2) is 33.7 Å². The molecule has 4 aromatic rings. The number of carboxylic acid groups (broad SMARTS) is 4. The van der Waals surface area contributed by atoms with Gasteiger partial charge in [0, 0.05) is 33.7 Å². The number of carbonyl (C=O) groups is 4. The molecule has 0 fully saturated rings. The number of hydrogen-bond donors (Lipinski definition) is 5. The van der Waals surface area contributed by atoms with Gasteiger partial charge in [-0.3, -0.25) is 0 Å². The first-order chi connectivity index (χ1) is 20.1. The normalized spacial score (nSPS) is 11.9. The third kappa shape index (κ3) is 4.99. The fraction of sp³-hybridized carbons (Fsp3) is 0. The Morgan fingerprint density at radius 1 is 0.698 bits per heavy atom. The summed E-state index contributed by atoms with van der Waals surface area (Å²) < 4.78 is 0.527. The number of H-pyrrole nitrogens is 1. The predicted octanol–water partition coefficient (Wildman–Crippen LogP) is 5.17. The fourth-order valence-corrected chi connectivity index (χ4v) is 5.06. The zero-order valence-corrected chi connectivity index (χ0v) is 22.8. The SMILES string of the molecule is O=C(O)C1=Cc2cc3ccc(cc4nc(cc5c(-c6ccccc6)c(C(=O)O)c(c(C(=O)O)c1n2)n5C(=O)O)C=C4)[nH]3.[Mn]. The monoisotopic (exact) mass is 617 g/mol. The number of aromatic carboxylic acids is 2. The molecular formula is C30H18MnN4O8. The van der Waals surface area contributed by atoms with E-state index in [1.165, 1.54) is 12.1 Å². The Labute approximate surface area is 251 Å². The quantitative estimate of drug-likeness (QED) is 0.168. The second-order valence-electron chi connectivity index (χ2n) is 9.30. The Hall–Kier alpha value is -5.78. The molecule has 6 rings (SSSR count). The van der Waals surface area contributed by atoms with Crippen LogP contribution >= 0.6 is 0 Å². The van der Waals surface area contributed by atoms with Crippen molar-refractivity contribution in [1.82, 2.24) is 19.5 Å². The molecule has 0 aliphatic carbocycles. The zero-order chi connectivity index (χ0) is 29.7. The van der Waals surface area contributed by atoms with Crippen molar-refractivity contribution >= 4 is 69.9 Å². The first-order valence-electron chi connectivity index (χ1n) is 12.3. The van der Waals surface area contributed by atoms with Gasteiger partial charge in [-0.15, -0.1) is 0 Å². The van der Waals surface area contributed by atoms with Crippen LogP contribution < -0.4 is 0 Å². The minimum absolute atomic E-state index is 0. The van der Waals surface area contributed by atoms with Crippen LogP contribution in [0.4, 0.5) is 4.79 Å². The first-order valence-corrected chi connectivity index (χ1v) is 12.3. The van der Waals surface area contributed by atoms with Crippen LogP contribution in [0.15, 0.2) is 60.7 Å². The van der Waals surface area contributed by atoms with Crippen LogP contribution in [0.5, 0.6) is 0 Å². The van der Waals surface area contributed by atoms with Crippen LogP contribution in [0.25, 0.3) is 57.0 Å². The number of aromatic amines is 1. The summed E-state index contributed by atoms with van der Waals surface area (Å²) in [5.41, 5.74) is -1.49. The zero-order valence-electron chi connectivity index (χ0n) is 21.6. The summed E-state index contributed by atoms with van der Waals surface area (Å²) >= 11 is 0. The standard InChI is InChI=1S/C30H18N4O8.Mn/c35-27(36)20-12-19-11-17-7-6-15(31-17)10-16-8-9-18(32-16)13-21-22(14-4-2-1-3-5-14)23(28(37)38)26(34(21)30(41)42)24(29(39)40)25(20)33-19;/h1-13,31H,(H,35,36)(H,37,38)(H,39,40)(H,41,42);. The molecule has 0 unspecified atom stereocenters. The summed E-state index contributed by atoms with van der Waals surface area (Å²) in [6.45, 7) is 0. The Morgan fingerprint density at radius 3 is 1.88 bits per heavy atom. The number of benzene rings is 1. The van der Waals surface area contributed by atoms with Crippen molar-refractivity contribution in [3.63, 3.8) is 0 Å². The molecule has 8 bridgehead atoms. The molecule has 0 saturated carbocycles. The van der Waals surface area contributed by atoms with E-state index in [2.05, 4.69) is 15.0 Å². The molecule has 12 nitrogen and oxygen atoms in total. The van der Waals surface area contributed by atoms with E-state index in [9.17, 15) is 39.6 Å². The number of aromatic nitrogens is 4. The molecule has 0 amide bonds. The molecule has 2 aliphatic heterocycles. The number of hydrogen-bond acceptors (Lipinski definition) is 6. The smallest absolute Gasteiger partial charge is 0.416 e. The molecule has 5 N–H and O–H groups in total. The van der Waals surface area contributed by atoms with E-state index in [4.69, 9.17) is 0 Å². The van der Waals surface area contributed by atoms with Crippen molar-refractivity contribution in [2.75, 3.05) is 0 Å². The van der Waals surface area contributed by atoms with E-state index < -0.39 is 51.9 Å². The summed E-state index contributed by atoms with van der Waals surface area (Å²) in [5.74, 6) is -4.95. The molecule has 213 valence electrons. The molecule has 5 heterocycles. The van der Waals surface area contributed by atoms with Gasteiger partial charge in [-0.2, -0.15) is 0 Å². The number of rotatable bonds is 4. The van der Waals surface area contributed by atoms with E-state index in [0.717, 1.165) is 6.08 Å². The minimum atomic E-state index is -1.78. The van der Waals surface area contributed by atoms with Crippen LogP contribution in [-0.4, -0.2) is 63.9 Å². The summed E-state index contributed by atoms with van der Waals surface area (Å²) in [6.07, 6.45) is 2.71. The van der Waals surface area contributed by atoms with Gasteiger partial charge in [0.2, 0.25) is 0 Å². The maximum absolute atomic E-state index is 12.9. The van der Waals surface area contributed by atoms with E-state index in [0.29, 0.717) is 21.3 Å². The molecule has 3 aromatic heterocycles. The summed E-state index contributed by atoms with van der Waals surface area (Å²) in [7, 11) is 0. The van der Waals surface area contributed by atoms with Crippen molar-refractivity contribution < 1.29 is 56.7 Å². The van der Waals surface area contributed by atoms with Gasteiger partial charge in [0.1, 0.15) is 5.56 Å². The van der Waals surface area contributed by atoms with Gasteiger partial charge in [-0.05, 0) is 54.1 Å². The summed E-state index contributed by atoms with van der Waals surface area (Å²) in [5, 5.41) is 41.3. The summed E-state index contributed by atoms with van der Waals surface area (Å²) in [6, 6.07) is 16.0. The van der Waals surface area contributed by atoms with Gasteiger partial charge < -0.3 is 25.4 Å². The van der Waals surface area contributed by atoms with Crippen LogP contribution in [0, 0.1) is 0 Å². The van der Waals surface area contributed by atoms with Crippen molar-refractivity contribution in [3.05, 3.63) is 94.6 Å². The fourth-order valence-electron chi connectivity index (χ4n) is 5.06. The molecule has 13 heteroatoms. The van der Waals surface area contributed by atoms with Crippen LogP contribution in [0.2, 0.25) is 0 Å². The number of nitrogens with one attached hydrogen (secondary N) is 1. The summed E-state index contributed by atoms with van der Waals surface area (Å²) in [4.78, 5) is 62.7. The molecule has 1 aromatic carbocycles. The molecule has 2 aliphatic rings. The first kappa shape index (κ1) is 28.7. The molecule has 1 radical (unpaired) electrons. The Balaban J connectivity index is 0.00000368. The Kier molecular flexibility index (Phi) is 7.28. The second-order valence-corrected chi connectivity index (χ2v) is 9.30. The van der Waals surface area contributed by atoms with Gasteiger partial charge in [0.15, 0.2) is 0 Å². The molecule has 43 heavy (non-hydrogen) atoms. The van der Waals surface area contributed by atoms with E-state index in [-0.39, 0.29) is 45.1 Å². The maximum atomic E-state index is 12.9. The minimum Gasteiger partial charge on any atom is -0.478 e. The average molecular weight is 617 g/mol. The van der Waals surface area contributed by atoms with Gasteiger partial charge >= 0.3 is 24.0 Å². The number of carboxylic acids is 3. The van der Waals surface area contributed by atoms with E-state index in [1.54, 1.807) is 60.7 Å². The predicted molar refractivity (Wildman–Crippen MR) is 152 cm³/mol. The van der Waals surface area contributed by atoms with Crippen molar-refractivity contribution in [1.29, 1.82) is 0 Å². The van der Waals surface area contributed by atoms with Crippen LogP contribution in [-0.2, 0) is 21.9 Å². The van der Waals surface area contributed by atoms with Crippen molar-refractivity contribution in [2.45, 2.75) is 0 Å². The third-order valence-corrected chi connectivity index (χ3v) is 6.69. The number of nitrogens with zero attached hydrogens (tertiary/aromatic N) is 3. The van der Waals surface area contributed by atoms with Crippen LogP contribution in [0.3, 0.4) is 0 Å². The van der Waals surface area contributed by atoms with Gasteiger partial charge in [-0.1, -0.05) is 30.3 Å². The Bertz CT molecular complexity index is 2110. The van der Waals surface area contributed by atoms with Crippen LogP contribution in [0.1, 0.15) is 43.5 Å².